The van der Waals surface area contributed by atoms with Crippen LogP contribution in [0.15, 0.2) is 24.3 Å². The largest absolute Gasteiger partial charge is 0.497 e. The summed E-state index contributed by atoms with van der Waals surface area (Å²) in [6.45, 7) is 8.38. The first-order chi connectivity index (χ1) is 11.4. The Morgan fingerprint density at radius 1 is 1.25 bits per heavy atom. The molecule has 0 aliphatic carbocycles. The number of methoxy groups -OCH3 is 1. The van der Waals surface area contributed by atoms with Crippen molar-refractivity contribution in [3.05, 3.63) is 40.5 Å². The second-order valence-corrected chi connectivity index (χ2v) is 7.85. The predicted molar refractivity (Wildman–Crippen MR) is 98.5 cm³/mol. The van der Waals surface area contributed by atoms with Gasteiger partial charge in [0.1, 0.15) is 11.4 Å². The van der Waals surface area contributed by atoms with E-state index in [4.69, 9.17) is 9.72 Å². The van der Waals surface area contributed by atoms with E-state index in [1.54, 1.807) is 18.4 Å². The Labute approximate surface area is 146 Å². The highest BCUT2D eigenvalue weighted by molar-refractivity contribution is 7.17. The Bertz CT molecular complexity index is 883. The molecule has 1 aromatic carbocycles. The van der Waals surface area contributed by atoms with Crippen molar-refractivity contribution in [2.75, 3.05) is 7.11 Å². The SMILES string of the molecule is CCc1sc2nc(C(C)(C)C)c(C=O)n2c1-c1ccc(OC)cc1. The summed E-state index contributed by atoms with van der Waals surface area (Å²) in [5.41, 5.74) is 3.46. The molecule has 0 aliphatic rings. The number of hydrogen-bond donors (Lipinski definition) is 0. The third-order valence-corrected chi connectivity index (χ3v) is 5.28. The van der Waals surface area contributed by atoms with Gasteiger partial charge in [-0.2, -0.15) is 0 Å². The molecule has 0 saturated heterocycles. The average Bonchev–Trinajstić information content (AvgIpc) is 3.09. The minimum Gasteiger partial charge on any atom is -0.497 e. The highest BCUT2D eigenvalue weighted by Gasteiger charge is 2.27. The molecule has 3 aromatic rings. The van der Waals surface area contributed by atoms with Crippen LogP contribution >= 0.6 is 11.3 Å². The molecule has 0 aliphatic heterocycles. The van der Waals surface area contributed by atoms with Gasteiger partial charge in [0.15, 0.2) is 11.2 Å². The maximum absolute atomic E-state index is 11.9. The van der Waals surface area contributed by atoms with Crippen molar-refractivity contribution >= 4 is 22.6 Å². The molecule has 0 N–H and O–H groups in total. The predicted octanol–water partition coefficient (Wildman–Crippen LogP) is 4.74. The van der Waals surface area contributed by atoms with Crippen LogP contribution < -0.4 is 4.74 Å². The number of benzene rings is 1. The number of nitrogens with zero attached hydrogens (tertiary/aromatic N) is 2. The van der Waals surface area contributed by atoms with E-state index in [2.05, 4.69) is 27.7 Å². The van der Waals surface area contributed by atoms with Gasteiger partial charge in [-0.1, -0.05) is 27.7 Å². The normalized spacial score (nSPS) is 11.9. The van der Waals surface area contributed by atoms with Gasteiger partial charge in [0.05, 0.1) is 18.5 Å². The fourth-order valence-corrected chi connectivity index (χ4v) is 4.01. The summed E-state index contributed by atoms with van der Waals surface area (Å²) in [6.07, 6.45) is 1.83. The van der Waals surface area contributed by atoms with Crippen molar-refractivity contribution in [3.8, 4) is 17.0 Å². The maximum atomic E-state index is 11.9. The Kier molecular flexibility index (Phi) is 4.22. The van der Waals surface area contributed by atoms with Crippen LogP contribution in [-0.2, 0) is 11.8 Å². The highest BCUT2D eigenvalue weighted by Crippen LogP contribution is 2.37. The topological polar surface area (TPSA) is 43.6 Å². The lowest BCUT2D eigenvalue weighted by Gasteiger charge is -2.16. The van der Waals surface area contributed by atoms with E-state index < -0.39 is 0 Å². The Morgan fingerprint density at radius 2 is 1.92 bits per heavy atom. The molecule has 2 heterocycles. The number of ether oxygens (including phenoxy) is 1. The number of fused-ring (bicyclic) bond motifs is 1. The summed E-state index contributed by atoms with van der Waals surface area (Å²) in [6, 6.07) is 7.95. The third-order valence-electron chi connectivity index (χ3n) is 4.09. The molecule has 0 fully saturated rings. The summed E-state index contributed by atoms with van der Waals surface area (Å²) in [4.78, 5) is 18.7. The quantitative estimate of drug-likeness (QED) is 0.643. The molecule has 0 bridgehead atoms. The number of hydrogen-bond acceptors (Lipinski definition) is 4. The van der Waals surface area contributed by atoms with Crippen molar-refractivity contribution in [2.24, 2.45) is 0 Å². The van der Waals surface area contributed by atoms with Crippen LogP contribution in [0.2, 0.25) is 0 Å². The lowest BCUT2D eigenvalue weighted by molar-refractivity contribution is 0.111. The lowest BCUT2D eigenvalue weighted by atomic mass is 9.91. The van der Waals surface area contributed by atoms with Gasteiger partial charge >= 0.3 is 0 Å². The minimum atomic E-state index is -0.175. The summed E-state index contributed by atoms with van der Waals surface area (Å²) in [7, 11) is 1.66. The highest BCUT2D eigenvalue weighted by atomic mass is 32.1. The van der Waals surface area contributed by atoms with Crippen molar-refractivity contribution in [2.45, 2.75) is 39.5 Å². The van der Waals surface area contributed by atoms with E-state index in [-0.39, 0.29) is 5.41 Å². The first kappa shape index (κ1) is 16.7. The van der Waals surface area contributed by atoms with Gasteiger partial charge in [0.2, 0.25) is 0 Å². The van der Waals surface area contributed by atoms with Crippen LogP contribution in [-0.4, -0.2) is 22.8 Å². The number of aryl methyl sites for hydroxylation is 1. The molecule has 0 amide bonds. The van der Waals surface area contributed by atoms with Gasteiger partial charge in [-0.3, -0.25) is 9.20 Å². The van der Waals surface area contributed by atoms with E-state index in [0.29, 0.717) is 5.69 Å². The van der Waals surface area contributed by atoms with E-state index >= 15 is 0 Å². The molecule has 3 rings (SSSR count). The van der Waals surface area contributed by atoms with Gasteiger partial charge in [-0.05, 0) is 36.2 Å². The molecule has 2 aromatic heterocycles. The number of aromatic nitrogens is 2. The van der Waals surface area contributed by atoms with Gasteiger partial charge < -0.3 is 4.74 Å². The monoisotopic (exact) mass is 342 g/mol. The van der Waals surface area contributed by atoms with Gasteiger partial charge in [-0.25, -0.2) is 4.98 Å². The average molecular weight is 342 g/mol. The van der Waals surface area contributed by atoms with Crippen molar-refractivity contribution in [3.63, 3.8) is 0 Å². The Balaban J connectivity index is 2.32. The minimum absolute atomic E-state index is 0.175. The standard InChI is InChI=1S/C19H22N2O2S/c1-6-15-16(12-7-9-13(23-5)10-8-12)21-14(11-22)17(19(2,3)4)20-18(21)24-15/h7-11H,6H2,1-5H3. The molecule has 0 saturated carbocycles. The fourth-order valence-electron chi connectivity index (χ4n) is 2.92. The Morgan fingerprint density at radius 3 is 2.42 bits per heavy atom. The van der Waals surface area contributed by atoms with Crippen LogP contribution in [0.3, 0.4) is 0 Å². The molecule has 126 valence electrons. The van der Waals surface area contributed by atoms with Crippen LogP contribution in [0.4, 0.5) is 0 Å². The molecule has 5 heteroatoms. The second-order valence-electron chi connectivity index (χ2n) is 6.79. The van der Waals surface area contributed by atoms with E-state index in [1.165, 1.54) is 4.88 Å². The fraction of sp³-hybridized carbons (Fsp3) is 0.368. The zero-order chi connectivity index (χ0) is 17.5. The van der Waals surface area contributed by atoms with E-state index in [0.717, 1.165) is 40.4 Å². The first-order valence-corrected chi connectivity index (χ1v) is 8.86. The van der Waals surface area contributed by atoms with Crippen LogP contribution in [0.5, 0.6) is 5.75 Å². The summed E-state index contributed by atoms with van der Waals surface area (Å²) in [5.74, 6) is 0.819. The smallest absolute Gasteiger partial charge is 0.195 e. The number of aldehydes is 1. The Hall–Kier alpha value is -2.14. The maximum Gasteiger partial charge on any atom is 0.195 e. The van der Waals surface area contributed by atoms with Crippen LogP contribution in [0.1, 0.15) is 48.8 Å². The number of carbonyl (C=O) groups is 1. The van der Waals surface area contributed by atoms with Gasteiger partial charge in [-0.15, -0.1) is 11.3 Å². The van der Waals surface area contributed by atoms with Gasteiger partial charge in [0, 0.05) is 10.3 Å². The molecule has 0 unspecified atom stereocenters. The van der Waals surface area contributed by atoms with Gasteiger partial charge in [0.25, 0.3) is 0 Å². The van der Waals surface area contributed by atoms with Crippen LogP contribution in [0.25, 0.3) is 16.2 Å². The number of rotatable bonds is 4. The summed E-state index contributed by atoms with van der Waals surface area (Å²) >= 11 is 1.66. The first-order valence-electron chi connectivity index (χ1n) is 8.05. The second kappa shape index (κ2) is 6.06. The molecule has 0 radical (unpaired) electrons. The zero-order valence-electron chi connectivity index (χ0n) is 14.7. The molecular formula is C19H22N2O2S. The lowest BCUT2D eigenvalue weighted by Crippen LogP contribution is -2.15. The molecule has 0 spiro atoms. The number of carbonyl (C=O) groups excluding carboxylic acids is 1. The number of thiazole rings is 1. The zero-order valence-corrected chi connectivity index (χ0v) is 15.5. The third kappa shape index (κ3) is 2.63. The number of imidazole rings is 1. The summed E-state index contributed by atoms with van der Waals surface area (Å²) < 4.78 is 7.26. The molecule has 4 nitrogen and oxygen atoms in total. The molecular weight excluding hydrogens is 320 g/mol. The van der Waals surface area contributed by atoms with Crippen molar-refractivity contribution in [1.82, 2.24) is 9.38 Å². The van der Waals surface area contributed by atoms with E-state index in [9.17, 15) is 4.79 Å². The van der Waals surface area contributed by atoms with E-state index in [1.807, 2.05) is 28.7 Å². The molecule has 24 heavy (non-hydrogen) atoms. The molecule has 0 atom stereocenters. The van der Waals surface area contributed by atoms with Crippen molar-refractivity contribution in [1.29, 1.82) is 0 Å². The van der Waals surface area contributed by atoms with Crippen molar-refractivity contribution < 1.29 is 9.53 Å². The summed E-state index contributed by atoms with van der Waals surface area (Å²) in [5, 5.41) is 0. The van der Waals surface area contributed by atoms with Crippen LogP contribution in [0, 0.1) is 0 Å².